The number of hydrogen-bond acceptors (Lipinski definition) is 6. The summed E-state index contributed by atoms with van der Waals surface area (Å²) >= 11 is 0. The van der Waals surface area contributed by atoms with Crippen molar-refractivity contribution in [2.45, 2.75) is 45.6 Å². The highest BCUT2D eigenvalue weighted by atomic mass is 19.4. The number of anilines is 2. The van der Waals surface area contributed by atoms with Crippen LogP contribution in [0.5, 0.6) is 0 Å². The number of ether oxygens (including phenoxy) is 1. The van der Waals surface area contributed by atoms with Crippen molar-refractivity contribution >= 4 is 17.7 Å². The lowest BCUT2D eigenvalue weighted by Crippen LogP contribution is -2.38. The molecule has 1 aliphatic rings. The van der Waals surface area contributed by atoms with E-state index in [1.54, 1.807) is 23.0 Å². The topological polar surface area (TPSA) is 94.0 Å². The third kappa shape index (κ3) is 5.24. The monoisotopic (exact) mass is 460 g/mol. The highest BCUT2D eigenvalue weighted by Gasteiger charge is 2.36. The number of carbonyl (C=O) groups is 1. The van der Waals surface area contributed by atoms with Crippen molar-refractivity contribution in [1.29, 1.82) is 0 Å². The summed E-state index contributed by atoms with van der Waals surface area (Å²) in [5.41, 5.74) is 2.05. The average molecular weight is 460 g/mol. The van der Waals surface area contributed by atoms with Crippen LogP contribution in [0.4, 0.5) is 29.6 Å². The van der Waals surface area contributed by atoms with Crippen molar-refractivity contribution in [3.63, 3.8) is 0 Å². The maximum absolute atomic E-state index is 12.9. The molecule has 1 saturated heterocycles. The van der Waals surface area contributed by atoms with Crippen molar-refractivity contribution in [1.82, 2.24) is 25.1 Å². The van der Waals surface area contributed by atoms with Gasteiger partial charge in [-0.05, 0) is 42.2 Å². The molecule has 3 aromatic rings. The number of alkyl halides is 3. The number of nitrogens with zero attached hydrogens (tertiary/aromatic N) is 4. The fourth-order valence-electron chi connectivity index (χ4n) is 3.75. The molecule has 0 radical (unpaired) electrons. The molecule has 2 N–H and O–H groups in total. The van der Waals surface area contributed by atoms with Crippen LogP contribution in [0.2, 0.25) is 0 Å². The number of rotatable bonds is 6. The Morgan fingerprint density at radius 3 is 2.76 bits per heavy atom. The van der Waals surface area contributed by atoms with Crippen LogP contribution in [0.3, 0.4) is 0 Å². The van der Waals surface area contributed by atoms with Gasteiger partial charge in [0.15, 0.2) is 0 Å². The second-order valence-corrected chi connectivity index (χ2v) is 8.28. The first kappa shape index (κ1) is 22.6. The summed E-state index contributed by atoms with van der Waals surface area (Å²) in [4.78, 5) is 19.1. The number of aromatic nitrogens is 4. The number of carbonyl (C=O) groups excluding carboxylic acids is 1. The molecule has 11 heteroatoms. The molecule has 1 aromatic carbocycles. The lowest BCUT2D eigenvalue weighted by Gasteiger charge is -2.19. The van der Waals surface area contributed by atoms with E-state index in [2.05, 4.69) is 25.7 Å². The summed E-state index contributed by atoms with van der Waals surface area (Å²) in [5, 5.41) is 10.0. The maximum atomic E-state index is 12.9. The number of alkyl carbamates (subject to hydrolysis) is 1. The minimum atomic E-state index is -4.55. The summed E-state index contributed by atoms with van der Waals surface area (Å²) in [6.45, 7) is 6.30. The van der Waals surface area contributed by atoms with Gasteiger partial charge >= 0.3 is 12.3 Å². The number of halogens is 3. The number of cyclic esters (lactones) is 1. The quantitative estimate of drug-likeness (QED) is 0.561. The second-order valence-electron chi connectivity index (χ2n) is 8.28. The summed E-state index contributed by atoms with van der Waals surface area (Å²) in [6, 6.07) is 6.23. The Labute approximate surface area is 188 Å². The van der Waals surface area contributed by atoms with Gasteiger partial charge in [-0.15, -0.1) is 0 Å². The van der Waals surface area contributed by atoms with Gasteiger partial charge in [-0.25, -0.2) is 14.8 Å². The van der Waals surface area contributed by atoms with Crippen molar-refractivity contribution < 1.29 is 22.7 Å². The Hall–Kier alpha value is -3.63. The molecule has 174 valence electrons. The van der Waals surface area contributed by atoms with Gasteiger partial charge in [0.05, 0.1) is 18.8 Å². The zero-order valence-electron chi connectivity index (χ0n) is 18.2. The van der Waals surface area contributed by atoms with Crippen LogP contribution in [0, 0.1) is 12.8 Å². The number of amides is 1. The van der Waals surface area contributed by atoms with Crippen LogP contribution in [0.15, 0.2) is 42.9 Å². The van der Waals surface area contributed by atoms with Crippen molar-refractivity contribution in [3.05, 3.63) is 54.1 Å². The molecule has 2 atom stereocenters. The SMILES string of the molecule is Cc1cc(Nc2nccc(C(F)(F)F)n2)cc(-c2cnn(CC3OC(=O)NC3C(C)C)c2)c1. The van der Waals surface area contributed by atoms with Gasteiger partial charge in [0, 0.05) is 23.6 Å². The van der Waals surface area contributed by atoms with E-state index < -0.39 is 18.0 Å². The highest BCUT2D eigenvalue weighted by Crippen LogP contribution is 2.29. The van der Waals surface area contributed by atoms with Gasteiger partial charge in [0.25, 0.3) is 0 Å². The summed E-state index contributed by atoms with van der Waals surface area (Å²) < 4.78 is 45.9. The van der Waals surface area contributed by atoms with Crippen molar-refractivity contribution in [3.8, 4) is 11.1 Å². The molecular formula is C22H23F3N6O2. The molecule has 4 rings (SSSR count). The Morgan fingerprint density at radius 1 is 1.24 bits per heavy atom. The summed E-state index contributed by atoms with van der Waals surface area (Å²) in [7, 11) is 0. The van der Waals surface area contributed by atoms with Gasteiger partial charge in [-0.2, -0.15) is 18.3 Å². The normalized spacial score (nSPS) is 18.3. The van der Waals surface area contributed by atoms with Crippen LogP contribution in [-0.2, 0) is 17.5 Å². The molecule has 33 heavy (non-hydrogen) atoms. The van der Waals surface area contributed by atoms with E-state index in [1.165, 1.54) is 0 Å². The van der Waals surface area contributed by atoms with Gasteiger partial charge in [-0.1, -0.05) is 19.9 Å². The lowest BCUT2D eigenvalue weighted by molar-refractivity contribution is -0.141. The van der Waals surface area contributed by atoms with Crippen LogP contribution in [0.25, 0.3) is 11.1 Å². The van der Waals surface area contributed by atoms with Gasteiger partial charge in [0.2, 0.25) is 5.95 Å². The van der Waals surface area contributed by atoms with E-state index in [4.69, 9.17) is 4.74 Å². The molecule has 8 nitrogen and oxygen atoms in total. The molecule has 3 heterocycles. The number of hydrogen-bond donors (Lipinski definition) is 2. The fourth-order valence-corrected chi connectivity index (χ4v) is 3.75. The molecule has 2 unspecified atom stereocenters. The van der Waals surface area contributed by atoms with Gasteiger partial charge in [-0.3, -0.25) is 4.68 Å². The second kappa shape index (κ2) is 8.72. The predicted molar refractivity (Wildman–Crippen MR) is 115 cm³/mol. The zero-order valence-corrected chi connectivity index (χ0v) is 18.2. The molecular weight excluding hydrogens is 437 g/mol. The smallest absolute Gasteiger partial charge is 0.433 e. The predicted octanol–water partition coefficient (Wildman–Crippen LogP) is 4.54. The van der Waals surface area contributed by atoms with E-state index in [0.29, 0.717) is 12.2 Å². The molecule has 0 spiro atoms. The summed E-state index contributed by atoms with van der Waals surface area (Å²) in [6.07, 6.45) is -0.732. The first-order valence-corrected chi connectivity index (χ1v) is 10.4. The Kier molecular flexibility index (Phi) is 5.96. The third-order valence-electron chi connectivity index (χ3n) is 5.27. The molecule has 2 aromatic heterocycles. The van der Waals surface area contributed by atoms with Crippen LogP contribution >= 0.6 is 0 Å². The Bertz CT molecular complexity index is 1160. The molecule has 0 aliphatic carbocycles. The van der Waals surface area contributed by atoms with Crippen LogP contribution in [0.1, 0.15) is 25.1 Å². The molecule has 0 saturated carbocycles. The standard InChI is InChI=1S/C22H23F3N6O2/c1-12(2)19-17(33-21(32)30-19)11-31-10-15(9-27-31)14-6-13(3)7-16(8-14)28-20-26-5-4-18(29-20)22(23,24)25/h4-10,12,17,19H,11H2,1-3H3,(H,30,32)(H,26,28,29). The maximum Gasteiger partial charge on any atom is 0.433 e. The van der Waals surface area contributed by atoms with Crippen molar-refractivity contribution in [2.24, 2.45) is 5.92 Å². The largest absolute Gasteiger partial charge is 0.442 e. The van der Waals surface area contributed by atoms with Gasteiger partial charge in [0.1, 0.15) is 11.8 Å². The molecule has 0 bridgehead atoms. The fraction of sp³-hybridized carbons (Fsp3) is 0.364. The molecule has 1 aliphatic heterocycles. The Balaban J connectivity index is 1.53. The van der Waals surface area contributed by atoms with E-state index in [1.807, 2.05) is 33.0 Å². The minimum Gasteiger partial charge on any atom is -0.442 e. The van der Waals surface area contributed by atoms with E-state index in [-0.39, 0.29) is 24.0 Å². The van der Waals surface area contributed by atoms with Gasteiger partial charge < -0.3 is 15.4 Å². The lowest BCUT2D eigenvalue weighted by atomic mass is 9.99. The minimum absolute atomic E-state index is 0.104. The Morgan fingerprint density at radius 2 is 2.03 bits per heavy atom. The van der Waals surface area contributed by atoms with Crippen LogP contribution in [-0.4, -0.2) is 38.0 Å². The van der Waals surface area contributed by atoms with Crippen LogP contribution < -0.4 is 10.6 Å². The van der Waals surface area contributed by atoms with E-state index >= 15 is 0 Å². The van der Waals surface area contributed by atoms with E-state index in [9.17, 15) is 18.0 Å². The zero-order chi connectivity index (χ0) is 23.8. The molecule has 1 amide bonds. The average Bonchev–Trinajstić information content (AvgIpc) is 3.34. The highest BCUT2D eigenvalue weighted by molar-refractivity contribution is 5.71. The summed E-state index contributed by atoms with van der Waals surface area (Å²) in [5.74, 6) is 0.0623. The number of aryl methyl sites for hydroxylation is 1. The van der Waals surface area contributed by atoms with Crippen molar-refractivity contribution in [2.75, 3.05) is 5.32 Å². The first-order chi connectivity index (χ1) is 15.6. The first-order valence-electron chi connectivity index (χ1n) is 10.4. The third-order valence-corrected chi connectivity index (χ3v) is 5.27. The molecule has 1 fully saturated rings. The number of nitrogens with one attached hydrogen (secondary N) is 2. The van der Waals surface area contributed by atoms with E-state index in [0.717, 1.165) is 29.0 Å². The number of benzene rings is 1.